The van der Waals surface area contributed by atoms with Gasteiger partial charge in [0.05, 0.1) is 14.2 Å². The van der Waals surface area contributed by atoms with E-state index in [0.717, 1.165) is 17.0 Å². The van der Waals surface area contributed by atoms with Crippen molar-refractivity contribution in [1.82, 2.24) is 0 Å². The molecule has 1 aromatic rings. The van der Waals surface area contributed by atoms with E-state index in [9.17, 15) is 4.79 Å². The van der Waals surface area contributed by atoms with Crippen molar-refractivity contribution < 1.29 is 14.3 Å². The maximum absolute atomic E-state index is 11.7. The molecule has 0 aliphatic carbocycles. The minimum Gasteiger partial charge on any atom is -0.493 e. The highest BCUT2D eigenvalue weighted by Crippen LogP contribution is 2.32. The number of aryl methyl sites for hydroxylation is 1. The molecule has 0 aromatic heterocycles. The number of methoxy groups -OCH3 is 2. The third-order valence-corrected chi connectivity index (χ3v) is 3.15. The van der Waals surface area contributed by atoms with E-state index in [1.807, 2.05) is 19.2 Å². The SMILES string of the molecule is COc1cc(C)c(NC(=O)CCSC)cc1OC. The quantitative estimate of drug-likeness (QED) is 0.862. The van der Waals surface area contributed by atoms with Crippen LogP contribution in [-0.4, -0.2) is 32.1 Å². The van der Waals surface area contributed by atoms with Gasteiger partial charge in [0.1, 0.15) is 0 Å². The summed E-state index contributed by atoms with van der Waals surface area (Å²) in [7, 11) is 3.17. The summed E-state index contributed by atoms with van der Waals surface area (Å²) in [6.45, 7) is 1.92. The zero-order valence-electron chi connectivity index (χ0n) is 11.2. The number of hydrogen-bond acceptors (Lipinski definition) is 4. The van der Waals surface area contributed by atoms with E-state index in [2.05, 4.69) is 5.32 Å². The van der Waals surface area contributed by atoms with Crippen molar-refractivity contribution in [3.05, 3.63) is 17.7 Å². The van der Waals surface area contributed by atoms with Crippen LogP contribution < -0.4 is 14.8 Å². The molecule has 0 spiro atoms. The van der Waals surface area contributed by atoms with Crippen LogP contribution in [0, 0.1) is 6.92 Å². The minimum absolute atomic E-state index is 0.0136. The number of carbonyl (C=O) groups is 1. The summed E-state index contributed by atoms with van der Waals surface area (Å²) >= 11 is 1.65. The van der Waals surface area contributed by atoms with E-state index < -0.39 is 0 Å². The number of rotatable bonds is 6. The molecule has 0 unspecified atom stereocenters. The van der Waals surface area contributed by atoms with Gasteiger partial charge in [0.15, 0.2) is 11.5 Å². The third kappa shape index (κ3) is 3.84. The average molecular weight is 269 g/mol. The van der Waals surface area contributed by atoms with Crippen molar-refractivity contribution in [2.45, 2.75) is 13.3 Å². The van der Waals surface area contributed by atoms with Crippen LogP contribution in [0.15, 0.2) is 12.1 Å². The lowest BCUT2D eigenvalue weighted by molar-refractivity contribution is -0.115. The summed E-state index contributed by atoms with van der Waals surface area (Å²) < 4.78 is 10.4. The second-order valence-electron chi connectivity index (χ2n) is 3.81. The maximum atomic E-state index is 11.7. The first-order valence-corrected chi connectivity index (χ1v) is 7.03. The Bertz CT molecular complexity index is 421. The highest BCUT2D eigenvalue weighted by atomic mass is 32.2. The van der Waals surface area contributed by atoms with Crippen molar-refractivity contribution in [1.29, 1.82) is 0 Å². The molecule has 18 heavy (non-hydrogen) atoms. The van der Waals surface area contributed by atoms with Gasteiger partial charge >= 0.3 is 0 Å². The molecule has 0 aliphatic rings. The van der Waals surface area contributed by atoms with Crippen LogP contribution in [-0.2, 0) is 4.79 Å². The average Bonchev–Trinajstić information content (AvgIpc) is 2.38. The van der Waals surface area contributed by atoms with E-state index in [1.54, 1.807) is 32.0 Å². The second-order valence-corrected chi connectivity index (χ2v) is 4.80. The summed E-state index contributed by atoms with van der Waals surface area (Å²) in [5, 5.41) is 2.88. The van der Waals surface area contributed by atoms with Gasteiger partial charge in [0, 0.05) is 23.9 Å². The summed E-state index contributed by atoms with van der Waals surface area (Å²) in [4.78, 5) is 11.7. The predicted octanol–water partition coefficient (Wildman–Crippen LogP) is 2.70. The first kappa shape index (κ1) is 14.7. The fraction of sp³-hybridized carbons (Fsp3) is 0.462. The first-order valence-electron chi connectivity index (χ1n) is 5.63. The lowest BCUT2D eigenvalue weighted by atomic mass is 10.1. The van der Waals surface area contributed by atoms with Gasteiger partial charge in [0.2, 0.25) is 5.91 Å². The van der Waals surface area contributed by atoms with Crippen LogP contribution in [0.2, 0.25) is 0 Å². The topological polar surface area (TPSA) is 47.6 Å². The summed E-state index contributed by atoms with van der Waals surface area (Å²) in [6, 6.07) is 3.63. The molecule has 0 aliphatic heterocycles. The van der Waals surface area contributed by atoms with Crippen LogP contribution >= 0.6 is 11.8 Å². The number of hydrogen-bond donors (Lipinski definition) is 1. The Balaban J connectivity index is 2.85. The number of anilines is 1. The van der Waals surface area contributed by atoms with Crippen LogP contribution in [0.25, 0.3) is 0 Å². The van der Waals surface area contributed by atoms with Crippen molar-refractivity contribution in [3.63, 3.8) is 0 Å². The summed E-state index contributed by atoms with van der Waals surface area (Å²) in [5.74, 6) is 2.11. The Kier molecular flexibility index (Phi) is 5.85. The third-order valence-electron chi connectivity index (χ3n) is 2.54. The molecule has 1 amide bonds. The van der Waals surface area contributed by atoms with Gasteiger partial charge in [-0.1, -0.05) is 0 Å². The van der Waals surface area contributed by atoms with Crippen molar-refractivity contribution in [2.75, 3.05) is 31.5 Å². The predicted molar refractivity (Wildman–Crippen MR) is 75.9 cm³/mol. The van der Waals surface area contributed by atoms with Crippen molar-refractivity contribution >= 4 is 23.4 Å². The lowest BCUT2D eigenvalue weighted by Crippen LogP contribution is -2.13. The molecule has 0 radical (unpaired) electrons. The molecule has 1 rings (SSSR count). The molecule has 5 heteroatoms. The standard InChI is InChI=1S/C13H19NO3S/c1-9-7-11(16-2)12(17-3)8-10(9)14-13(15)5-6-18-4/h7-8H,5-6H2,1-4H3,(H,14,15). The van der Waals surface area contributed by atoms with E-state index >= 15 is 0 Å². The van der Waals surface area contributed by atoms with E-state index in [0.29, 0.717) is 17.9 Å². The van der Waals surface area contributed by atoms with Gasteiger partial charge in [-0.2, -0.15) is 11.8 Å². The van der Waals surface area contributed by atoms with E-state index in [1.165, 1.54) is 0 Å². The Morgan fingerprint density at radius 3 is 2.44 bits per heavy atom. The largest absolute Gasteiger partial charge is 0.493 e. The van der Waals surface area contributed by atoms with E-state index in [4.69, 9.17) is 9.47 Å². The fourth-order valence-electron chi connectivity index (χ4n) is 1.52. The molecule has 0 heterocycles. The highest BCUT2D eigenvalue weighted by molar-refractivity contribution is 7.98. The maximum Gasteiger partial charge on any atom is 0.225 e. The van der Waals surface area contributed by atoms with Gasteiger partial charge in [-0.05, 0) is 24.8 Å². The van der Waals surface area contributed by atoms with Gasteiger partial charge in [0.25, 0.3) is 0 Å². The molecule has 1 aromatic carbocycles. The molecular weight excluding hydrogens is 250 g/mol. The zero-order chi connectivity index (χ0) is 13.5. The number of ether oxygens (including phenoxy) is 2. The smallest absolute Gasteiger partial charge is 0.225 e. The van der Waals surface area contributed by atoms with Gasteiger partial charge in [-0.25, -0.2) is 0 Å². The first-order chi connectivity index (χ1) is 8.62. The molecule has 1 N–H and O–H groups in total. The monoisotopic (exact) mass is 269 g/mol. The molecule has 0 saturated heterocycles. The number of thioether (sulfide) groups is 1. The highest BCUT2D eigenvalue weighted by Gasteiger charge is 2.10. The Hall–Kier alpha value is -1.36. The summed E-state index contributed by atoms with van der Waals surface area (Å²) in [6.07, 6.45) is 2.49. The van der Waals surface area contributed by atoms with E-state index in [-0.39, 0.29) is 5.91 Å². The van der Waals surface area contributed by atoms with Crippen molar-refractivity contribution in [2.24, 2.45) is 0 Å². The van der Waals surface area contributed by atoms with Crippen molar-refractivity contribution in [3.8, 4) is 11.5 Å². The molecule has 0 saturated carbocycles. The normalized spacial score (nSPS) is 10.0. The molecule has 100 valence electrons. The summed E-state index contributed by atoms with van der Waals surface area (Å²) in [5.41, 5.74) is 1.71. The molecule has 0 fully saturated rings. The van der Waals surface area contributed by atoms with Crippen LogP contribution in [0.1, 0.15) is 12.0 Å². The Labute approximate surface area is 112 Å². The number of amides is 1. The number of carbonyl (C=O) groups excluding carboxylic acids is 1. The van der Waals surface area contributed by atoms with Gasteiger partial charge < -0.3 is 14.8 Å². The Morgan fingerprint density at radius 1 is 1.28 bits per heavy atom. The fourth-order valence-corrected chi connectivity index (χ4v) is 1.91. The van der Waals surface area contributed by atoms with Gasteiger partial charge in [-0.15, -0.1) is 0 Å². The Morgan fingerprint density at radius 2 is 1.89 bits per heavy atom. The molecule has 0 bridgehead atoms. The number of benzene rings is 1. The molecule has 0 atom stereocenters. The van der Waals surface area contributed by atoms with Crippen LogP contribution in [0.5, 0.6) is 11.5 Å². The number of nitrogens with one attached hydrogen (secondary N) is 1. The minimum atomic E-state index is 0.0136. The van der Waals surface area contributed by atoms with Gasteiger partial charge in [-0.3, -0.25) is 4.79 Å². The molecule has 4 nitrogen and oxygen atoms in total. The van der Waals surface area contributed by atoms with Crippen LogP contribution in [0.4, 0.5) is 5.69 Å². The molecular formula is C13H19NO3S. The second kappa shape index (κ2) is 7.16. The zero-order valence-corrected chi connectivity index (χ0v) is 12.0. The van der Waals surface area contributed by atoms with Crippen LogP contribution in [0.3, 0.4) is 0 Å². The lowest BCUT2D eigenvalue weighted by Gasteiger charge is -2.13.